The molecule has 2 aliphatic rings. The highest BCUT2D eigenvalue weighted by atomic mass is 16.6. The second-order valence-corrected chi connectivity index (χ2v) is 6.83. The van der Waals surface area contributed by atoms with Crippen molar-refractivity contribution in [1.29, 1.82) is 0 Å². The summed E-state index contributed by atoms with van der Waals surface area (Å²) in [5, 5.41) is 0. The molecular formula is C18H25N3O3. The molecule has 1 aromatic rings. The van der Waals surface area contributed by atoms with Gasteiger partial charge in [0.1, 0.15) is 5.60 Å². The molecule has 1 spiro atoms. The second-order valence-electron chi connectivity index (χ2n) is 6.83. The van der Waals surface area contributed by atoms with Gasteiger partial charge in [0.05, 0.1) is 13.1 Å². The topological polar surface area (TPSA) is 53.1 Å². The molecule has 24 heavy (non-hydrogen) atoms. The van der Waals surface area contributed by atoms with Gasteiger partial charge in [-0.25, -0.2) is 4.79 Å². The molecule has 2 fully saturated rings. The molecule has 2 aliphatic heterocycles. The first-order valence-electron chi connectivity index (χ1n) is 8.47. The molecule has 3 rings (SSSR count). The summed E-state index contributed by atoms with van der Waals surface area (Å²) in [4.78, 5) is 29.8. The summed E-state index contributed by atoms with van der Waals surface area (Å²) in [5.41, 5.74) is 0.620. The van der Waals surface area contributed by atoms with Crippen LogP contribution in [0.1, 0.15) is 19.3 Å². The number of benzene rings is 1. The molecule has 2 saturated heterocycles. The summed E-state index contributed by atoms with van der Waals surface area (Å²) in [6.07, 6.45) is 2.14. The van der Waals surface area contributed by atoms with Crippen LogP contribution >= 0.6 is 0 Å². The number of carbonyl (C=O) groups excluding carboxylic acids is 2. The molecule has 130 valence electrons. The van der Waals surface area contributed by atoms with Crippen molar-refractivity contribution in [3.8, 4) is 0 Å². The van der Waals surface area contributed by atoms with Crippen LogP contribution in [0.5, 0.6) is 0 Å². The van der Waals surface area contributed by atoms with E-state index in [-0.39, 0.29) is 12.0 Å². The molecule has 1 atom stereocenters. The zero-order valence-electron chi connectivity index (χ0n) is 14.4. The molecule has 2 amide bonds. The van der Waals surface area contributed by atoms with Crippen molar-refractivity contribution in [3.05, 3.63) is 30.3 Å². The van der Waals surface area contributed by atoms with Crippen molar-refractivity contribution in [3.63, 3.8) is 0 Å². The van der Waals surface area contributed by atoms with E-state index in [9.17, 15) is 9.59 Å². The Kier molecular flexibility index (Phi) is 4.64. The van der Waals surface area contributed by atoms with Gasteiger partial charge < -0.3 is 19.4 Å². The number of likely N-dealkylation sites (N-methyl/N-ethyl adjacent to an activating group) is 2. The molecule has 0 saturated carbocycles. The highest BCUT2D eigenvalue weighted by Gasteiger charge is 2.44. The van der Waals surface area contributed by atoms with Crippen LogP contribution in [0.25, 0.3) is 0 Å². The number of rotatable bonds is 3. The Balaban J connectivity index is 1.58. The monoisotopic (exact) mass is 331 g/mol. The van der Waals surface area contributed by atoms with Gasteiger partial charge in [0.15, 0.2) is 0 Å². The lowest BCUT2D eigenvalue weighted by molar-refractivity contribution is -0.129. The second kappa shape index (κ2) is 6.71. The average molecular weight is 331 g/mol. The van der Waals surface area contributed by atoms with E-state index in [2.05, 4.69) is 0 Å². The SMILES string of the molecule is CN1CC2(CCCN(C(=O)CN(C)c3ccccc3)CC2)OC1=O. The summed E-state index contributed by atoms with van der Waals surface area (Å²) >= 11 is 0. The summed E-state index contributed by atoms with van der Waals surface area (Å²) in [7, 11) is 3.69. The maximum Gasteiger partial charge on any atom is 0.410 e. The third-order valence-electron chi connectivity index (χ3n) is 4.96. The van der Waals surface area contributed by atoms with E-state index in [1.807, 2.05) is 47.2 Å². The molecule has 0 radical (unpaired) electrons. The van der Waals surface area contributed by atoms with Gasteiger partial charge in [0.25, 0.3) is 0 Å². The Morgan fingerprint density at radius 1 is 1.25 bits per heavy atom. The Morgan fingerprint density at radius 3 is 2.67 bits per heavy atom. The fourth-order valence-corrected chi connectivity index (χ4v) is 3.55. The number of ether oxygens (including phenoxy) is 1. The van der Waals surface area contributed by atoms with E-state index in [0.29, 0.717) is 26.1 Å². The maximum absolute atomic E-state index is 12.6. The normalized spacial score (nSPS) is 24.0. The first kappa shape index (κ1) is 16.6. The number of carbonyl (C=O) groups is 2. The van der Waals surface area contributed by atoms with Gasteiger partial charge in [-0.1, -0.05) is 18.2 Å². The predicted molar refractivity (Wildman–Crippen MR) is 92.0 cm³/mol. The Hall–Kier alpha value is -2.24. The zero-order valence-corrected chi connectivity index (χ0v) is 14.4. The molecule has 1 aromatic carbocycles. The standard InChI is InChI=1S/C18H25N3O3/c1-19(15-7-4-3-5-8-15)13-16(22)21-11-6-9-18(10-12-21)14-20(2)17(23)24-18/h3-5,7-8H,6,9-14H2,1-2H3. The fourth-order valence-electron chi connectivity index (χ4n) is 3.55. The smallest absolute Gasteiger partial charge is 0.410 e. The highest BCUT2D eigenvalue weighted by Crippen LogP contribution is 2.32. The van der Waals surface area contributed by atoms with E-state index >= 15 is 0 Å². The minimum Gasteiger partial charge on any atom is -0.441 e. The van der Waals surface area contributed by atoms with Crippen LogP contribution in [0, 0.1) is 0 Å². The molecule has 1 unspecified atom stereocenters. The van der Waals surface area contributed by atoms with Gasteiger partial charge in [0, 0.05) is 39.3 Å². The number of amides is 2. The first-order valence-corrected chi connectivity index (χ1v) is 8.47. The molecule has 0 aromatic heterocycles. The van der Waals surface area contributed by atoms with Gasteiger partial charge >= 0.3 is 6.09 Å². The van der Waals surface area contributed by atoms with E-state index in [1.54, 1.807) is 11.9 Å². The third-order valence-corrected chi connectivity index (χ3v) is 4.96. The Morgan fingerprint density at radius 2 is 2.00 bits per heavy atom. The molecule has 2 heterocycles. The van der Waals surface area contributed by atoms with E-state index in [1.165, 1.54) is 0 Å². The van der Waals surface area contributed by atoms with E-state index < -0.39 is 5.60 Å². The Labute approximate surface area is 143 Å². The van der Waals surface area contributed by atoms with Gasteiger partial charge in [-0.3, -0.25) is 4.79 Å². The fraction of sp³-hybridized carbons (Fsp3) is 0.556. The lowest BCUT2D eigenvalue weighted by Gasteiger charge is -2.27. The lowest BCUT2D eigenvalue weighted by Crippen LogP contribution is -2.41. The number of anilines is 1. The summed E-state index contributed by atoms with van der Waals surface area (Å²) in [6.45, 7) is 2.35. The van der Waals surface area contributed by atoms with Crippen LogP contribution in [0.2, 0.25) is 0 Å². The van der Waals surface area contributed by atoms with Crippen LogP contribution < -0.4 is 4.90 Å². The molecule has 6 heteroatoms. The zero-order chi connectivity index (χ0) is 17.2. The summed E-state index contributed by atoms with van der Waals surface area (Å²) in [6, 6.07) is 9.90. The minimum absolute atomic E-state index is 0.121. The van der Waals surface area contributed by atoms with Crippen LogP contribution in [-0.2, 0) is 9.53 Å². The quantitative estimate of drug-likeness (QED) is 0.850. The van der Waals surface area contributed by atoms with Crippen molar-refractivity contribution in [2.75, 3.05) is 45.2 Å². The number of likely N-dealkylation sites (tertiary alicyclic amines) is 1. The van der Waals surface area contributed by atoms with Crippen molar-refractivity contribution in [1.82, 2.24) is 9.80 Å². The average Bonchev–Trinajstić information content (AvgIpc) is 2.73. The molecular weight excluding hydrogens is 306 g/mol. The third kappa shape index (κ3) is 3.47. The van der Waals surface area contributed by atoms with Crippen molar-refractivity contribution >= 4 is 17.7 Å². The van der Waals surface area contributed by atoms with Crippen LogP contribution in [0.3, 0.4) is 0 Å². The lowest BCUT2D eigenvalue weighted by atomic mass is 9.95. The van der Waals surface area contributed by atoms with Crippen molar-refractivity contribution in [2.45, 2.75) is 24.9 Å². The van der Waals surface area contributed by atoms with Gasteiger partial charge in [-0.05, 0) is 25.0 Å². The molecule has 0 N–H and O–H groups in total. The molecule has 0 aliphatic carbocycles. The van der Waals surface area contributed by atoms with Crippen molar-refractivity contribution in [2.24, 2.45) is 0 Å². The number of para-hydroxylation sites is 1. The minimum atomic E-state index is -0.411. The highest BCUT2D eigenvalue weighted by molar-refractivity contribution is 5.81. The van der Waals surface area contributed by atoms with E-state index in [4.69, 9.17) is 4.74 Å². The van der Waals surface area contributed by atoms with Gasteiger partial charge in [-0.15, -0.1) is 0 Å². The molecule has 0 bridgehead atoms. The Bertz CT molecular complexity index is 607. The largest absolute Gasteiger partial charge is 0.441 e. The van der Waals surface area contributed by atoms with Crippen LogP contribution in [0.15, 0.2) is 30.3 Å². The maximum atomic E-state index is 12.6. The molecule has 6 nitrogen and oxygen atoms in total. The van der Waals surface area contributed by atoms with E-state index in [0.717, 1.165) is 25.1 Å². The van der Waals surface area contributed by atoms with Crippen molar-refractivity contribution < 1.29 is 14.3 Å². The van der Waals surface area contributed by atoms with Gasteiger partial charge in [0.2, 0.25) is 5.91 Å². The summed E-state index contributed by atoms with van der Waals surface area (Å²) in [5.74, 6) is 0.121. The number of hydrogen-bond donors (Lipinski definition) is 0. The predicted octanol–water partition coefficient (Wildman–Crippen LogP) is 1.96. The number of nitrogens with zero attached hydrogens (tertiary/aromatic N) is 3. The number of hydrogen-bond acceptors (Lipinski definition) is 4. The summed E-state index contributed by atoms with van der Waals surface area (Å²) < 4.78 is 5.60. The van der Waals surface area contributed by atoms with Crippen LogP contribution in [-0.4, -0.2) is 67.7 Å². The first-order chi connectivity index (χ1) is 11.5. The van der Waals surface area contributed by atoms with Gasteiger partial charge in [-0.2, -0.15) is 0 Å². The van der Waals surface area contributed by atoms with Crippen LogP contribution in [0.4, 0.5) is 10.5 Å².